The summed E-state index contributed by atoms with van der Waals surface area (Å²) in [7, 11) is 2.10. The second kappa shape index (κ2) is 3.85. The van der Waals surface area contributed by atoms with E-state index < -0.39 is 5.97 Å². The number of carbonyl (C=O) groups is 1. The number of aliphatic imine (C=N–C) groups is 1. The molecular formula is C17H16N2O2. The summed E-state index contributed by atoms with van der Waals surface area (Å²) in [6, 6.07) is 5.49. The van der Waals surface area contributed by atoms with E-state index in [9.17, 15) is 9.90 Å². The van der Waals surface area contributed by atoms with Crippen LogP contribution in [0.3, 0.4) is 0 Å². The van der Waals surface area contributed by atoms with Gasteiger partial charge in [-0.05, 0) is 36.3 Å². The molecule has 0 fully saturated rings. The van der Waals surface area contributed by atoms with E-state index in [-0.39, 0.29) is 5.54 Å². The fourth-order valence-corrected chi connectivity index (χ4v) is 3.78. The van der Waals surface area contributed by atoms with E-state index in [1.54, 1.807) is 6.07 Å². The van der Waals surface area contributed by atoms with Gasteiger partial charge in [0, 0.05) is 30.8 Å². The van der Waals surface area contributed by atoms with Gasteiger partial charge in [-0.15, -0.1) is 0 Å². The van der Waals surface area contributed by atoms with Gasteiger partial charge in [0.15, 0.2) is 0 Å². The van der Waals surface area contributed by atoms with E-state index in [1.165, 1.54) is 16.7 Å². The average molecular weight is 280 g/mol. The van der Waals surface area contributed by atoms with Gasteiger partial charge in [0.05, 0.1) is 23.3 Å². The second-order valence-corrected chi connectivity index (χ2v) is 6.08. The summed E-state index contributed by atoms with van der Waals surface area (Å²) in [5.41, 5.74) is 6.22. The molecule has 3 aliphatic rings. The fraction of sp³-hybridized carbons (Fsp3) is 0.294. The van der Waals surface area contributed by atoms with Gasteiger partial charge in [-0.25, -0.2) is 4.79 Å². The summed E-state index contributed by atoms with van der Waals surface area (Å²) >= 11 is 0. The van der Waals surface area contributed by atoms with E-state index in [0.29, 0.717) is 12.1 Å². The number of rotatable bonds is 1. The van der Waals surface area contributed by atoms with Gasteiger partial charge in [0.2, 0.25) is 0 Å². The SMILES string of the molecule is CN1C2=C3CN=CC=C3CC1(C)c1ccc(C(=O)O)cc12. The Kier molecular flexibility index (Phi) is 2.27. The molecule has 3 aliphatic heterocycles. The van der Waals surface area contributed by atoms with Crippen LogP contribution in [0.1, 0.15) is 34.8 Å². The number of aromatic carboxylic acids is 1. The lowest BCUT2D eigenvalue weighted by molar-refractivity contribution is 0.0697. The molecule has 21 heavy (non-hydrogen) atoms. The monoisotopic (exact) mass is 280 g/mol. The van der Waals surface area contributed by atoms with Gasteiger partial charge in [-0.3, -0.25) is 4.99 Å². The number of hydrogen-bond donors (Lipinski definition) is 1. The second-order valence-electron chi connectivity index (χ2n) is 6.08. The van der Waals surface area contributed by atoms with Crippen LogP contribution in [0, 0.1) is 0 Å². The highest BCUT2D eigenvalue weighted by Crippen LogP contribution is 2.54. The van der Waals surface area contributed by atoms with Crippen LogP contribution in [0.25, 0.3) is 5.70 Å². The van der Waals surface area contributed by atoms with Gasteiger partial charge in [0.1, 0.15) is 0 Å². The Morgan fingerprint density at radius 1 is 1.43 bits per heavy atom. The number of carboxylic acids is 1. The fourth-order valence-electron chi connectivity index (χ4n) is 3.78. The number of allylic oxidation sites excluding steroid dienone is 1. The zero-order valence-electron chi connectivity index (χ0n) is 12.1. The molecule has 0 saturated heterocycles. The Labute approximate surface area is 123 Å². The molecule has 0 spiro atoms. The van der Waals surface area contributed by atoms with Crippen LogP contribution >= 0.6 is 0 Å². The van der Waals surface area contributed by atoms with Gasteiger partial charge in [-0.1, -0.05) is 6.07 Å². The molecule has 1 aromatic rings. The third-order valence-corrected chi connectivity index (χ3v) is 5.02. The van der Waals surface area contributed by atoms with Gasteiger partial charge < -0.3 is 10.0 Å². The first-order chi connectivity index (χ1) is 10.0. The molecular weight excluding hydrogens is 264 g/mol. The molecule has 4 rings (SSSR count). The lowest BCUT2D eigenvalue weighted by Crippen LogP contribution is -2.39. The minimum Gasteiger partial charge on any atom is -0.478 e. The Morgan fingerprint density at radius 3 is 3.00 bits per heavy atom. The minimum atomic E-state index is -0.880. The third-order valence-electron chi connectivity index (χ3n) is 5.02. The van der Waals surface area contributed by atoms with Crippen LogP contribution in [0.4, 0.5) is 0 Å². The molecule has 4 heteroatoms. The Morgan fingerprint density at radius 2 is 2.24 bits per heavy atom. The summed E-state index contributed by atoms with van der Waals surface area (Å²) in [4.78, 5) is 17.9. The molecule has 0 saturated carbocycles. The average Bonchev–Trinajstić information content (AvgIpc) is 2.62. The quantitative estimate of drug-likeness (QED) is 0.860. The summed E-state index contributed by atoms with van der Waals surface area (Å²) in [6.07, 6.45) is 4.91. The maximum atomic E-state index is 11.3. The first-order valence-electron chi connectivity index (χ1n) is 7.07. The van der Waals surface area contributed by atoms with Crippen molar-refractivity contribution in [3.63, 3.8) is 0 Å². The van der Waals surface area contributed by atoms with E-state index in [0.717, 1.165) is 17.7 Å². The number of carboxylic acid groups (broad SMARTS) is 1. The van der Waals surface area contributed by atoms with Crippen molar-refractivity contribution < 1.29 is 9.90 Å². The Balaban J connectivity index is 2.03. The highest BCUT2D eigenvalue weighted by atomic mass is 16.4. The molecule has 106 valence electrons. The summed E-state index contributed by atoms with van der Waals surface area (Å²) in [5, 5.41) is 9.25. The van der Waals surface area contributed by atoms with E-state index >= 15 is 0 Å². The number of dihydropyridines is 1. The molecule has 2 bridgehead atoms. The van der Waals surface area contributed by atoms with Crippen molar-refractivity contribution in [2.75, 3.05) is 13.6 Å². The zero-order chi connectivity index (χ0) is 14.8. The van der Waals surface area contributed by atoms with Gasteiger partial charge in [0.25, 0.3) is 0 Å². The summed E-state index contributed by atoms with van der Waals surface area (Å²) in [5.74, 6) is -0.880. The smallest absolute Gasteiger partial charge is 0.335 e. The number of nitrogens with zero attached hydrogens (tertiary/aromatic N) is 2. The topological polar surface area (TPSA) is 52.9 Å². The molecule has 1 N–H and O–H groups in total. The Bertz CT molecular complexity index is 773. The van der Waals surface area contributed by atoms with Crippen LogP contribution < -0.4 is 0 Å². The van der Waals surface area contributed by atoms with Crippen LogP contribution in [-0.2, 0) is 5.54 Å². The maximum absolute atomic E-state index is 11.3. The summed E-state index contributed by atoms with van der Waals surface area (Å²) in [6.45, 7) is 2.90. The van der Waals surface area contributed by atoms with Crippen molar-refractivity contribution >= 4 is 17.9 Å². The Hall–Kier alpha value is -2.36. The molecule has 0 amide bonds. The van der Waals surface area contributed by atoms with Crippen molar-refractivity contribution in [2.45, 2.75) is 18.9 Å². The minimum absolute atomic E-state index is 0.0950. The first-order valence-corrected chi connectivity index (χ1v) is 7.07. The van der Waals surface area contributed by atoms with Crippen molar-refractivity contribution in [2.24, 2.45) is 4.99 Å². The highest BCUT2D eigenvalue weighted by Gasteiger charge is 2.47. The van der Waals surface area contributed by atoms with E-state index in [2.05, 4.69) is 29.9 Å². The zero-order valence-corrected chi connectivity index (χ0v) is 12.1. The standard InChI is InChI=1S/C17H16N2O2/c1-17-8-11-5-6-18-9-13(11)15(19(17)2)12-7-10(16(20)21)3-4-14(12)17/h3-7H,8-9H2,1-2H3,(H,20,21). The van der Waals surface area contributed by atoms with Crippen molar-refractivity contribution in [1.29, 1.82) is 0 Å². The molecule has 4 nitrogen and oxygen atoms in total. The molecule has 3 heterocycles. The largest absolute Gasteiger partial charge is 0.478 e. The summed E-state index contributed by atoms with van der Waals surface area (Å²) < 4.78 is 0. The van der Waals surface area contributed by atoms with Gasteiger partial charge >= 0.3 is 5.97 Å². The maximum Gasteiger partial charge on any atom is 0.335 e. The molecule has 1 unspecified atom stereocenters. The normalized spacial score (nSPS) is 25.6. The van der Waals surface area contributed by atoms with Crippen LogP contribution in [0.5, 0.6) is 0 Å². The first kappa shape index (κ1) is 12.4. The molecule has 0 radical (unpaired) electrons. The van der Waals surface area contributed by atoms with Crippen LogP contribution in [-0.4, -0.2) is 35.8 Å². The number of benzene rings is 1. The van der Waals surface area contributed by atoms with Crippen molar-refractivity contribution in [3.8, 4) is 0 Å². The number of fused-ring (bicyclic) bond motifs is 6. The molecule has 0 aromatic heterocycles. The highest BCUT2D eigenvalue weighted by molar-refractivity contribution is 5.92. The lowest BCUT2D eigenvalue weighted by Gasteiger charge is -2.41. The van der Waals surface area contributed by atoms with Crippen molar-refractivity contribution in [1.82, 2.24) is 4.90 Å². The molecule has 1 aromatic carbocycles. The van der Waals surface area contributed by atoms with E-state index in [1.807, 2.05) is 18.3 Å². The van der Waals surface area contributed by atoms with Crippen molar-refractivity contribution in [3.05, 3.63) is 52.1 Å². The molecule has 1 atom stereocenters. The van der Waals surface area contributed by atoms with Crippen LogP contribution in [0.2, 0.25) is 0 Å². The van der Waals surface area contributed by atoms with Gasteiger partial charge in [-0.2, -0.15) is 0 Å². The predicted octanol–water partition coefficient (Wildman–Crippen LogP) is 2.67. The third kappa shape index (κ3) is 1.45. The lowest BCUT2D eigenvalue weighted by atomic mass is 9.82. The van der Waals surface area contributed by atoms with E-state index in [4.69, 9.17) is 0 Å². The number of hydrogen-bond acceptors (Lipinski definition) is 3. The van der Waals surface area contributed by atoms with Crippen LogP contribution in [0.15, 0.2) is 40.4 Å². The molecule has 0 aliphatic carbocycles. The predicted molar refractivity (Wildman–Crippen MR) is 81.5 cm³/mol.